The average molecular weight is 214 g/mol. The lowest BCUT2D eigenvalue weighted by Gasteiger charge is -1.94. The van der Waals surface area contributed by atoms with Crippen LogP contribution in [-0.2, 0) is 0 Å². The molecule has 0 bridgehead atoms. The van der Waals surface area contributed by atoms with Crippen LogP contribution in [0.25, 0.3) is 10.6 Å². The van der Waals surface area contributed by atoms with Crippen molar-refractivity contribution in [1.82, 2.24) is 4.98 Å². The molecule has 1 aromatic carbocycles. The number of hydrogen-bond donors (Lipinski definition) is 0. The molecule has 0 fully saturated rings. The molecule has 3 nitrogen and oxygen atoms in total. The predicted octanol–water partition coefficient (Wildman–Crippen LogP) is 2.49. The molecule has 72 valence electrons. The van der Waals surface area contributed by atoms with Gasteiger partial charge in [0.25, 0.3) is 0 Å². The van der Waals surface area contributed by atoms with Gasteiger partial charge < -0.3 is 0 Å². The van der Waals surface area contributed by atoms with Crippen molar-refractivity contribution in [2.24, 2.45) is 0 Å². The molecule has 0 N–H and O–H groups in total. The van der Waals surface area contributed by atoms with Crippen LogP contribution in [0, 0.1) is 11.3 Å². The van der Waals surface area contributed by atoms with Gasteiger partial charge in [0.05, 0.1) is 11.6 Å². The fourth-order valence-electron chi connectivity index (χ4n) is 1.16. The zero-order chi connectivity index (χ0) is 10.7. The first-order valence-electron chi connectivity index (χ1n) is 4.25. The molecule has 2 rings (SSSR count). The normalized spacial score (nSPS) is 9.53. The van der Waals surface area contributed by atoms with E-state index >= 15 is 0 Å². The molecule has 0 saturated heterocycles. The van der Waals surface area contributed by atoms with Gasteiger partial charge in [-0.05, 0) is 12.1 Å². The molecule has 0 aliphatic carbocycles. The fraction of sp³-hybridized carbons (Fsp3) is 0. The molecule has 0 saturated carbocycles. The van der Waals surface area contributed by atoms with Crippen LogP contribution in [0.1, 0.15) is 16.1 Å². The van der Waals surface area contributed by atoms with E-state index in [0.717, 1.165) is 16.9 Å². The molecule has 0 aliphatic heterocycles. The monoisotopic (exact) mass is 214 g/mol. The maximum atomic E-state index is 10.5. The first-order chi connectivity index (χ1) is 7.33. The summed E-state index contributed by atoms with van der Waals surface area (Å²) in [7, 11) is 0. The summed E-state index contributed by atoms with van der Waals surface area (Å²) in [6, 6.07) is 9.17. The molecular formula is C11H6N2OS. The van der Waals surface area contributed by atoms with E-state index in [0.29, 0.717) is 11.3 Å². The van der Waals surface area contributed by atoms with Crippen LogP contribution in [0.4, 0.5) is 0 Å². The minimum atomic E-state index is 0.444. The Labute approximate surface area is 90.6 Å². The van der Waals surface area contributed by atoms with E-state index in [1.165, 1.54) is 11.3 Å². The quantitative estimate of drug-likeness (QED) is 0.722. The van der Waals surface area contributed by atoms with Gasteiger partial charge in [-0.1, -0.05) is 12.1 Å². The van der Waals surface area contributed by atoms with E-state index in [4.69, 9.17) is 5.26 Å². The zero-order valence-electron chi connectivity index (χ0n) is 7.68. The van der Waals surface area contributed by atoms with Crippen LogP contribution >= 0.6 is 11.3 Å². The van der Waals surface area contributed by atoms with Crippen molar-refractivity contribution in [3.05, 3.63) is 40.9 Å². The Morgan fingerprint density at radius 3 is 2.60 bits per heavy atom. The third-order valence-corrected chi connectivity index (χ3v) is 2.81. The van der Waals surface area contributed by atoms with Gasteiger partial charge in [-0.3, -0.25) is 4.79 Å². The summed E-state index contributed by atoms with van der Waals surface area (Å²) in [6.07, 6.45) is 0.726. The Morgan fingerprint density at radius 2 is 2.07 bits per heavy atom. The summed E-state index contributed by atoms with van der Waals surface area (Å²) in [5, 5.41) is 11.1. The maximum absolute atomic E-state index is 10.5. The summed E-state index contributed by atoms with van der Waals surface area (Å²) < 4.78 is 0. The van der Waals surface area contributed by atoms with Crippen molar-refractivity contribution in [1.29, 1.82) is 5.26 Å². The van der Waals surface area contributed by atoms with E-state index in [-0.39, 0.29) is 0 Å². The Hall–Kier alpha value is -1.99. The molecule has 4 heteroatoms. The van der Waals surface area contributed by atoms with Gasteiger partial charge in [-0.25, -0.2) is 4.98 Å². The highest BCUT2D eigenvalue weighted by Gasteiger charge is 2.03. The predicted molar refractivity (Wildman–Crippen MR) is 57.7 cm³/mol. The molecule has 0 unspecified atom stereocenters. The van der Waals surface area contributed by atoms with Crippen LogP contribution < -0.4 is 0 Å². The molecule has 0 amide bonds. The van der Waals surface area contributed by atoms with Gasteiger partial charge in [0.2, 0.25) is 0 Å². The summed E-state index contributed by atoms with van der Waals surface area (Å²) in [6.45, 7) is 0. The summed E-state index contributed by atoms with van der Waals surface area (Å²) >= 11 is 1.42. The van der Waals surface area contributed by atoms with Crippen LogP contribution in [0.3, 0.4) is 0 Å². The lowest BCUT2D eigenvalue weighted by molar-refractivity contribution is 0.111. The first kappa shape index (κ1) is 9.56. The Kier molecular flexibility index (Phi) is 2.57. The number of benzene rings is 1. The van der Waals surface area contributed by atoms with Crippen molar-refractivity contribution in [3.8, 4) is 16.6 Å². The van der Waals surface area contributed by atoms with Crippen molar-refractivity contribution in [2.45, 2.75) is 0 Å². The second-order valence-corrected chi connectivity index (χ2v) is 3.74. The van der Waals surface area contributed by atoms with Crippen LogP contribution in [-0.4, -0.2) is 11.3 Å². The van der Waals surface area contributed by atoms with Gasteiger partial charge >= 0.3 is 0 Å². The number of rotatable bonds is 2. The SMILES string of the molecule is N#Cc1ccc(-c2nc(C=O)cs2)cc1. The third-order valence-electron chi connectivity index (χ3n) is 1.90. The second-order valence-electron chi connectivity index (χ2n) is 2.88. The highest BCUT2D eigenvalue weighted by molar-refractivity contribution is 7.13. The summed E-state index contributed by atoms with van der Waals surface area (Å²) in [4.78, 5) is 14.6. The van der Waals surface area contributed by atoms with Crippen molar-refractivity contribution in [2.75, 3.05) is 0 Å². The van der Waals surface area contributed by atoms with Crippen LogP contribution in [0.15, 0.2) is 29.6 Å². The van der Waals surface area contributed by atoms with Gasteiger partial charge in [0.15, 0.2) is 6.29 Å². The van der Waals surface area contributed by atoms with Crippen molar-refractivity contribution in [3.63, 3.8) is 0 Å². The van der Waals surface area contributed by atoms with Crippen molar-refractivity contribution >= 4 is 17.6 Å². The standard InChI is InChI=1S/C11H6N2OS/c12-5-8-1-3-9(4-2-8)11-13-10(6-14)7-15-11/h1-4,6-7H. The Balaban J connectivity index is 2.37. The largest absolute Gasteiger partial charge is 0.296 e. The zero-order valence-corrected chi connectivity index (χ0v) is 8.49. The van der Waals surface area contributed by atoms with E-state index in [1.54, 1.807) is 17.5 Å². The molecule has 1 aromatic heterocycles. The summed E-state index contributed by atoms with van der Waals surface area (Å²) in [5.74, 6) is 0. The molecule has 1 heterocycles. The molecule has 15 heavy (non-hydrogen) atoms. The minimum Gasteiger partial charge on any atom is -0.296 e. The molecule has 0 spiro atoms. The third kappa shape index (κ3) is 1.92. The molecule has 0 atom stereocenters. The van der Waals surface area contributed by atoms with Gasteiger partial charge in [-0.15, -0.1) is 11.3 Å². The Bertz CT molecular complexity index is 522. The van der Waals surface area contributed by atoms with E-state index < -0.39 is 0 Å². The van der Waals surface area contributed by atoms with Gasteiger partial charge in [-0.2, -0.15) is 5.26 Å². The topological polar surface area (TPSA) is 53.8 Å². The second kappa shape index (κ2) is 4.03. The highest BCUT2D eigenvalue weighted by Crippen LogP contribution is 2.23. The van der Waals surface area contributed by atoms with E-state index in [1.807, 2.05) is 18.2 Å². The lowest BCUT2D eigenvalue weighted by Crippen LogP contribution is -1.80. The smallest absolute Gasteiger partial charge is 0.169 e. The van der Waals surface area contributed by atoms with Crippen LogP contribution in [0.5, 0.6) is 0 Å². The van der Waals surface area contributed by atoms with Gasteiger partial charge in [0.1, 0.15) is 10.7 Å². The highest BCUT2D eigenvalue weighted by atomic mass is 32.1. The first-order valence-corrected chi connectivity index (χ1v) is 5.12. The summed E-state index contributed by atoms with van der Waals surface area (Å²) in [5.41, 5.74) is 1.98. The lowest BCUT2D eigenvalue weighted by atomic mass is 10.1. The minimum absolute atomic E-state index is 0.444. The Morgan fingerprint density at radius 1 is 1.33 bits per heavy atom. The molecule has 0 radical (unpaired) electrons. The number of carbonyl (C=O) groups excluding carboxylic acids is 1. The molecule has 0 aliphatic rings. The van der Waals surface area contributed by atoms with Crippen LogP contribution in [0.2, 0.25) is 0 Å². The van der Waals surface area contributed by atoms with Gasteiger partial charge in [0, 0.05) is 10.9 Å². The van der Waals surface area contributed by atoms with E-state index in [2.05, 4.69) is 4.98 Å². The number of hydrogen-bond acceptors (Lipinski definition) is 4. The number of aromatic nitrogens is 1. The molecular weight excluding hydrogens is 208 g/mol. The number of thiazole rings is 1. The number of aldehydes is 1. The number of nitrogens with zero attached hydrogens (tertiary/aromatic N) is 2. The fourth-order valence-corrected chi connectivity index (χ4v) is 1.93. The average Bonchev–Trinajstić information content (AvgIpc) is 2.78. The van der Waals surface area contributed by atoms with Crippen molar-refractivity contribution < 1.29 is 4.79 Å². The maximum Gasteiger partial charge on any atom is 0.169 e. The molecule has 2 aromatic rings. The van der Waals surface area contributed by atoms with E-state index in [9.17, 15) is 4.79 Å². The number of carbonyl (C=O) groups is 1. The number of nitriles is 1.